The number of para-hydroxylation sites is 1. The molecule has 2 aromatic rings. The molecule has 0 saturated heterocycles. The van der Waals surface area contributed by atoms with Crippen molar-refractivity contribution in [2.24, 2.45) is 0 Å². The fraction of sp³-hybridized carbons (Fsp3) is 0.100. The summed E-state index contributed by atoms with van der Waals surface area (Å²) in [6.45, 7) is 10.1. The molecule has 0 bridgehead atoms. The van der Waals surface area contributed by atoms with Crippen molar-refractivity contribution >= 4 is 33.0 Å². The Morgan fingerprint density at radius 3 is 1.93 bits per heavy atom. The van der Waals surface area contributed by atoms with Gasteiger partial charge < -0.3 is 10.6 Å². The van der Waals surface area contributed by atoms with Crippen molar-refractivity contribution in [3.05, 3.63) is 72.8 Å². The van der Waals surface area contributed by atoms with Gasteiger partial charge in [-0.2, -0.15) is 0 Å². The van der Waals surface area contributed by atoms with E-state index in [2.05, 4.69) is 23.8 Å². The van der Waals surface area contributed by atoms with Crippen molar-refractivity contribution in [2.75, 3.05) is 10.6 Å². The largest absolute Gasteiger partial charge is 0.320 e. The van der Waals surface area contributed by atoms with Gasteiger partial charge in [0.05, 0.1) is 21.2 Å². The van der Waals surface area contributed by atoms with Crippen molar-refractivity contribution in [1.29, 1.82) is 0 Å². The number of hydrogen-bond donors (Lipinski definition) is 2. The van der Waals surface area contributed by atoms with Crippen LogP contribution in [0.15, 0.2) is 82.6 Å². The molecule has 0 unspecified atom stereocenters. The first-order valence-corrected chi connectivity index (χ1v) is 9.49. The molecule has 27 heavy (non-hydrogen) atoms. The van der Waals surface area contributed by atoms with Gasteiger partial charge in [0.1, 0.15) is 0 Å². The number of rotatable bonds is 6. The molecular formula is C20H20N2O4S. The van der Waals surface area contributed by atoms with E-state index in [4.69, 9.17) is 0 Å². The number of anilines is 2. The van der Waals surface area contributed by atoms with Crippen molar-refractivity contribution in [3.8, 4) is 0 Å². The third-order valence-corrected chi connectivity index (χ3v) is 5.44. The lowest BCUT2D eigenvalue weighted by Gasteiger charge is -2.17. The highest BCUT2D eigenvalue weighted by atomic mass is 32.2. The molecule has 0 aromatic heterocycles. The van der Waals surface area contributed by atoms with Gasteiger partial charge in [-0.15, -0.1) is 0 Å². The summed E-state index contributed by atoms with van der Waals surface area (Å²) in [5.41, 5.74) is 0.557. The summed E-state index contributed by atoms with van der Waals surface area (Å²) in [6, 6.07) is 12.2. The predicted octanol–water partition coefficient (Wildman–Crippen LogP) is 3.55. The summed E-state index contributed by atoms with van der Waals surface area (Å²) >= 11 is 0. The molecule has 6 nitrogen and oxygen atoms in total. The zero-order chi connectivity index (χ0) is 20.2. The van der Waals surface area contributed by atoms with Gasteiger partial charge in [0, 0.05) is 11.1 Å². The number of benzene rings is 2. The molecule has 2 rings (SSSR count). The van der Waals surface area contributed by atoms with E-state index in [0.717, 1.165) is 0 Å². The molecule has 2 aromatic carbocycles. The van der Waals surface area contributed by atoms with Gasteiger partial charge in [-0.3, -0.25) is 9.59 Å². The Morgan fingerprint density at radius 2 is 1.37 bits per heavy atom. The predicted molar refractivity (Wildman–Crippen MR) is 105 cm³/mol. The standard InChI is InChI=1S/C20H20N2O4S/c1-13(2)19(23)21-16-11-8-12-17(18(16)22-20(24)14(3)4)27(25,26)15-9-6-5-7-10-15/h5-12H,1,3H2,2,4H3,(H,21,23)(H,22,24). The normalized spacial score (nSPS) is 10.7. The van der Waals surface area contributed by atoms with Crippen LogP contribution in [0.3, 0.4) is 0 Å². The number of sulfone groups is 1. The highest BCUT2D eigenvalue weighted by Gasteiger charge is 2.25. The monoisotopic (exact) mass is 384 g/mol. The third-order valence-electron chi connectivity index (χ3n) is 3.63. The molecule has 0 aliphatic rings. The number of amides is 2. The van der Waals surface area contributed by atoms with E-state index in [1.54, 1.807) is 18.2 Å². The average Bonchev–Trinajstić information content (AvgIpc) is 2.63. The van der Waals surface area contributed by atoms with E-state index >= 15 is 0 Å². The Kier molecular flexibility index (Phi) is 5.97. The van der Waals surface area contributed by atoms with Crippen molar-refractivity contribution in [1.82, 2.24) is 0 Å². The van der Waals surface area contributed by atoms with E-state index in [-0.39, 0.29) is 32.3 Å². The number of carbonyl (C=O) groups is 2. The van der Waals surface area contributed by atoms with Crippen LogP contribution in [0.1, 0.15) is 13.8 Å². The number of nitrogens with one attached hydrogen (secondary N) is 2. The van der Waals surface area contributed by atoms with Crippen LogP contribution in [0.25, 0.3) is 0 Å². The van der Waals surface area contributed by atoms with Crippen LogP contribution in [0.5, 0.6) is 0 Å². The summed E-state index contributed by atoms with van der Waals surface area (Å²) in [6.07, 6.45) is 0. The first kappa shape index (κ1) is 20.1. The highest BCUT2D eigenvalue weighted by Crippen LogP contribution is 2.34. The lowest BCUT2D eigenvalue weighted by molar-refractivity contribution is -0.113. The highest BCUT2D eigenvalue weighted by molar-refractivity contribution is 7.91. The molecular weight excluding hydrogens is 364 g/mol. The Balaban J connectivity index is 2.66. The van der Waals surface area contributed by atoms with E-state index in [1.807, 2.05) is 0 Å². The first-order chi connectivity index (χ1) is 12.6. The Labute approximate surface area is 158 Å². The van der Waals surface area contributed by atoms with Crippen LogP contribution in [0.2, 0.25) is 0 Å². The third kappa shape index (κ3) is 4.51. The van der Waals surface area contributed by atoms with Gasteiger partial charge in [-0.1, -0.05) is 37.4 Å². The molecule has 0 aliphatic carbocycles. The Bertz CT molecular complexity index is 1030. The first-order valence-electron chi connectivity index (χ1n) is 8.01. The summed E-state index contributed by atoms with van der Waals surface area (Å²) in [7, 11) is -3.94. The molecule has 140 valence electrons. The van der Waals surface area contributed by atoms with Crippen LogP contribution in [-0.4, -0.2) is 20.2 Å². The summed E-state index contributed by atoms with van der Waals surface area (Å²) in [4.78, 5) is 24.1. The second kappa shape index (κ2) is 8.01. The maximum atomic E-state index is 13.1. The van der Waals surface area contributed by atoms with Gasteiger partial charge >= 0.3 is 0 Å². The molecule has 0 saturated carbocycles. The van der Waals surface area contributed by atoms with Crippen LogP contribution < -0.4 is 10.6 Å². The summed E-state index contributed by atoms with van der Waals surface area (Å²) in [5, 5.41) is 5.11. The second-order valence-electron chi connectivity index (χ2n) is 5.96. The molecule has 0 aliphatic heterocycles. The van der Waals surface area contributed by atoms with Gasteiger partial charge in [0.15, 0.2) is 0 Å². The average molecular weight is 384 g/mol. The number of hydrogen-bond acceptors (Lipinski definition) is 4. The van der Waals surface area contributed by atoms with Crippen LogP contribution in [-0.2, 0) is 19.4 Å². The molecule has 7 heteroatoms. The van der Waals surface area contributed by atoms with Gasteiger partial charge in [-0.25, -0.2) is 8.42 Å². The molecule has 2 N–H and O–H groups in total. The van der Waals surface area contributed by atoms with E-state index < -0.39 is 21.7 Å². The van der Waals surface area contributed by atoms with Gasteiger partial charge in [0.25, 0.3) is 11.8 Å². The second-order valence-corrected chi connectivity index (χ2v) is 7.88. The number of carbonyl (C=O) groups excluding carboxylic acids is 2. The fourth-order valence-electron chi connectivity index (χ4n) is 2.16. The van der Waals surface area contributed by atoms with Crippen molar-refractivity contribution in [2.45, 2.75) is 23.6 Å². The fourth-order valence-corrected chi connectivity index (χ4v) is 3.62. The summed E-state index contributed by atoms with van der Waals surface area (Å²) < 4.78 is 26.1. The van der Waals surface area contributed by atoms with Crippen LogP contribution >= 0.6 is 0 Å². The van der Waals surface area contributed by atoms with E-state index in [9.17, 15) is 18.0 Å². The zero-order valence-corrected chi connectivity index (χ0v) is 15.9. The van der Waals surface area contributed by atoms with E-state index in [1.165, 1.54) is 44.2 Å². The van der Waals surface area contributed by atoms with Crippen molar-refractivity contribution < 1.29 is 18.0 Å². The maximum absolute atomic E-state index is 13.1. The lowest BCUT2D eigenvalue weighted by Crippen LogP contribution is -2.19. The molecule has 0 atom stereocenters. The Morgan fingerprint density at radius 1 is 0.815 bits per heavy atom. The zero-order valence-electron chi connectivity index (χ0n) is 15.1. The quantitative estimate of drug-likeness (QED) is 0.745. The molecule has 0 radical (unpaired) electrons. The van der Waals surface area contributed by atoms with Crippen LogP contribution in [0.4, 0.5) is 11.4 Å². The van der Waals surface area contributed by atoms with Gasteiger partial charge in [0.2, 0.25) is 9.84 Å². The molecule has 2 amide bonds. The van der Waals surface area contributed by atoms with Crippen LogP contribution in [0, 0.1) is 0 Å². The molecule has 0 fully saturated rings. The summed E-state index contributed by atoms with van der Waals surface area (Å²) in [5.74, 6) is -1.05. The van der Waals surface area contributed by atoms with Crippen molar-refractivity contribution in [3.63, 3.8) is 0 Å². The maximum Gasteiger partial charge on any atom is 0.250 e. The smallest absolute Gasteiger partial charge is 0.250 e. The lowest BCUT2D eigenvalue weighted by atomic mass is 10.2. The molecule has 0 spiro atoms. The minimum atomic E-state index is -3.94. The van der Waals surface area contributed by atoms with Gasteiger partial charge in [-0.05, 0) is 38.1 Å². The van der Waals surface area contributed by atoms with E-state index in [0.29, 0.717) is 0 Å². The minimum absolute atomic E-state index is 0.0241. The minimum Gasteiger partial charge on any atom is -0.320 e. The SMILES string of the molecule is C=C(C)C(=O)Nc1cccc(S(=O)(=O)c2ccccc2)c1NC(=O)C(=C)C. The topological polar surface area (TPSA) is 92.3 Å². The molecule has 0 heterocycles. The Hall–Kier alpha value is -3.19.